The summed E-state index contributed by atoms with van der Waals surface area (Å²) in [6, 6.07) is 5.63. The Morgan fingerprint density at radius 3 is 2.95 bits per heavy atom. The van der Waals surface area contributed by atoms with Gasteiger partial charge >= 0.3 is 6.09 Å². The second-order valence-corrected chi connectivity index (χ2v) is 5.26. The van der Waals surface area contributed by atoms with Crippen LogP contribution in [0.3, 0.4) is 0 Å². The molecule has 0 bridgehead atoms. The second-order valence-electron chi connectivity index (χ2n) is 5.26. The number of ether oxygens (including phenoxy) is 1. The highest BCUT2D eigenvalue weighted by Gasteiger charge is 2.33. The lowest BCUT2D eigenvalue weighted by Crippen LogP contribution is -2.28. The van der Waals surface area contributed by atoms with Crippen molar-refractivity contribution in [1.82, 2.24) is 0 Å². The number of carbonyl (C=O) groups excluding carboxylic acids is 2. The summed E-state index contributed by atoms with van der Waals surface area (Å²) in [5, 5.41) is 9.08. The molecule has 6 nitrogen and oxygen atoms in total. The quantitative estimate of drug-likeness (QED) is 0.911. The monoisotopic (exact) mass is 290 g/mol. The number of hydrogen-bond acceptors (Lipinski definition) is 4. The van der Waals surface area contributed by atoms with Gasteiger partial charge in [-0.3, -0.25) is 9.69 Å². The number of anilines is 2. The number of carbonyl (C=O) groups is 2. The Bertz CT molecular complexity index is 587. The topological polar surface area (TPSA) is 70.1 Å². The molecule has 1 atom stereocenters. The zero-order valence-electron chi connectivity index (χ0n) is 11.9. The third-order valence-electron chi connectivity index (χ3n) is 3.95. The van der Waals surface area contributed by atoms with Gasteiger partial charge in [0.1, 0.15) is 6.10 Å². The summed E-state index contributed by atoms with van der Waals surface area (Å²) in [5.74, 6) is 0.113. The molecule has 1 saturated heterocycles. The first kappa shape index (κ1) is 13.9. The van der Waals surface area contributed by atoms with Crippen molar-refractivity contribution in [3.63, 3.8) is 0 Å². The Balaban J connectivity index is 1.85. The maximum Gasteiger partial charge on any atom is 0.414 e. The predicted molar refractivity (Wildman–Crippen MR) is 77.5 cm³/mol. The summed E-state index contributed by atoms with van der Waals surface area (Å²) < 4.78 is 5.05. The van der Waals surface area contributed by atoms with Crippen LogP contribution in [-0.2, 0) is 16.0 Å². The summed E-state index contributed by atoms with van der Waals surface area (Å²) in [7, 11) is 0. The Morgan fingerprint density at radius 2 is 2.29 bits per heavy atom. The first-order valence-corrected chi connectivity index (χ1v) is 7.16. The van der Waals surface area contributed by atoms with E-state index in [2.05, 4.69) is 0 Å². The Kier molecular flexibility index (Phi) is 3.55. The predicted octanol–water partition coefficient (Wildman–Crippen LogP) is 1.30. The van der Waals surface area contributed by atoms with Crippen LogP contribution >= 0.6 is 0 Å². The summed E-state index contributed by atoms with van der Waals surface area (Å²) in [4.78, 5) is 27.0. The summed E-state index contributed by atoms with van der Waals surface area (Å²) in [5.41, 5.74) is 2.74. The number of rotatable bonds is 3. The van der Waals surface area contributed by atoms with Gasteiger partial charge in [0.25, 0.3) is 0 Å². The number of aliphatic hydroxyl groups excluding tert-OH is 1. The van der Waals surface area contributed by atoms with Gasteiger partial charge in [-0.1, -0.05) is 6.92 Å². The number of amides is 2. The van der Waals surface area contributed by atoms with Crippen molar-refractivity contribution in [1.29, 1.82) is 0 Å². The molecule has 0 aromatic heterocycles. The molecular weight excluding hydrogens is 272 g/mol. The maximum atomic E-state index is 11.9. The van der Waals surface area contributed by atoms with Crippen molar-refractivity contribution >= 4 is 23.4 Å². The van der Waals surface area contributed by atoms with Crippen LogP contribution in [0.5, 0.6) is 0 Å². The highest BCUT2D eigenvalue weighted by atomic mass is 16.6. The van der Waals surface area contributed by atoms with Crippen LogP contribution in [-0.4, -0.2) is 42.9 Å². The number of aliphatic hydroxyl groups is 1. The molecule has 2 amide bonds. The zero-order valence-corrected chi connectivity index (χ0v) is 11.9. The van der Waals surface area contributed by atoms with Gasteiger partial charge in [-0.25, -0.2) is 4.79 Å². The average molecular weight is 290 g/mol. The molecule has 3 rings (SSSR count). The van der Waals surface area contributed by atoms with E-state index in [1.807, 2.05) is 25.1 Å². The number of benzene rings is 1. The van der Waals surface area contributed by atoms with Crippen LogP contribution in [0.25, 0.3) is 0 Å². The second kappa shape index (κ2) is 5.37. The van der Waals surface area contributed by atoms with Gasteiger partial charge in [-0.2, -0.15) is 0 Å². The summed E-state index contributed by atoms with van der Waals surface area (Å²) in [6.45, 7) is 2.72. The molecule has 1 aromatic rings. The van der Waals surface area contributed by atoms with Crippen molar-refractivity contribution in [3.05, 3.63) is 23.8 Å². The minimum Gasteiger partial charge on any atom is -0.441 e. The van der Waals surface area contributed by atoms with Crippen LogP contribution in [0.2, 0.25) is 0 Å². The van der Waals surface area contributed by atoms with E-state index in [0.29, 0.717) is 19.5 Å². The molecule has 0 aliphatic carbocycles. The highest BCUT2D eigenvalue weighted by molar-refractivity contribution is 5.96. The molecule has 2 aliphatic rings. The first-order chi connectivity index (χ1) is 10.1. The zero-order chi connectivity index (χ0) is 15.0. The van der Waals surface area contributed by atoms with E-state index in [-0.39, 0.29) is 12.5 Å². The minimum absolute atomic E-state index is 0.113. The van der Waals surface area contributed by atoms with Crippen molar-refractivity contribution in [2.75, 3.05) is 29.5 Å². The fourth-order valence-corrected chi connectivity index (χ4v) is 2.83. The lowest BCUT2D eigenvalue weighted by atomic mass is 10.1. The van der Waals surface area contributed by atoms with Gasteiger partial charge in [0, 0.05) is 24.3 Å². The smallest absolute Gasteiger partial charge is 0.414 e. The van der Waals surface area contributed by atoms with Gasteiger partial charge in [0.2, 0.25) is 5.91 Å². The summed E-state index contributed by atoms with van der Waals surface area (Å²) in [6.07, 6.45) is 0.372. The van der Waals surface area contributed by atoms with Gasteiger partial charge in [0.15, 0.2) is 0 Å². The Morgan fingerprint density at radius 1 is 1.48 bits per heavy atom. The lowest BCUT2D eigenvalue weighted by molar-refractivity contribution is -0.118. The van der Waals surface area contributed by atoms with E-state index < -0.39 is 12.2 Å². The van der Waals surface area contributed by atoms with Crippen molar-refractivity contribution in [3.8, 4) is 0 Å². The number of fused-ring (bicyclic) bond motifs is 1. The molecule has 1 aromatic carbocycles. The van der Waals surface area contributed by atoms with Crippen molar-refractivity contribution in [2.45, 2.75) is 25.9 Å². The average Bonchev–Trinajstić information content (AvgIpc) is 3.09. The number of hydrogen-bond donors (Lipinski definition) is 1. The Labute approximate surface area is 122 Å². The fraction of sp³-hybridized carbons (Fsp3) is 0.467. The van der Waals surface area contributed by atoms with E-state index in [1.165, 1.54) is 4.90 Å². The molecule has 2 aliphatic heterocycles. The van der Waals surface area contributed by atoms with Crippen LogP contribution in [0, 0.1) is 0 Å². The molecule has 6 heteroatoms. The van der Waals surface area contributed by atoms with Crippen LogP contribution in [0.15, 0.2) is 18.2 Å². The molecular formula is C15H18N2O4. The van der Waals surface area contributed by atoms with Gasteiger partial charge in [-0.15, -0.1) is 0 Å². The Hall–Kier alpha value is -2.08. The van der Waals surface area contributed by atoms with E-state index in [0.717, 1.165) is 23.4 Å². The largest absolute Gasteiger partial charge is 0.441 e. The number of nitrogens with zero attached hydrogens (tertiary/aromatic N) is 2. The molecule has 2 heterocycles. The van der Waals surface area contributed by atoms with Crippen LogP contribution < -0.4 is 9.80 Å². The van der Waals surface area contributed by atoms with Gasteiger partial charge in [0.05, 0.1) is 13.2 Å². The van der Waals surface area contributed by atoms with Crippen molar-refractivity contribution < 1.29 is 19.4 Å². The lowest BCUT2D eigenvalue weighted by Gasteiger charge is -2.18. The highest BCUT2D eigenvalue weighted by Crippen LogP contribution is 2.33. The van der Waals surface area contributed by atoms with E-state index >= 15 is 0 Å². The summed E-state index contributed by atoms with van der Waals surface area (Å²) >= 11 is 0. The fourth-order valence-electron chi connectivity index (χ4n) is 2.83. The molecule has 0 spiro atoms. The molecule has 0 saturated carbocycles. The minimum atomic E-state index is -0.469. The molecule has 0 radical (unpaired) electrons. The SMILES string of the molecule is CCC(=O)N1CCc2cc(N3C[C@H](CO)OC3=O)ccc21. The standard InChI is InChI=1S/C15H18N2O4/c1-2-14(19)16-6-5-10-7-11(3-4-13(10)16)17-8-12(9-18)21-15(17)20/h3-4,7,12,18H,2,5-6,8-9H2,1H3/t12-/m1/s1. The van der Waals surface area contributed by atoms with Gasteiger partial charge < -0.3 is 14.7 Å². The van der Waals surface area contributed by atoms with Crippen molar-refractivity contribution in [2.24, 2.45) is 0 Å². The molecule has 0 unspecified atom stereocenters. The van der Waals surface area contributed by atoms with Crippen LogP contribution in [0.4, 0.5) is 16.2 Å². The first-order valence-electron chi connectivity index (χ1n) is 7.16. The van der Waals surface area contributed by atoms with E-state index in [1.54, 1.807) is 4.90 Å². The third-order valence-corrected chi connectivity index (χ3v) is 3.95. The number of cyclic esters (lactones) is 1. The van der Waals surface area contributed by atoms with E-state index in [9.17, 15) is 9.59 Å². The third kappa shape index (κ3) is 2.35. The van der Waals surface area contributed by atoms with E-state index in [4.69, 9.17) is 9.84 Å². The van der Waals surface area contributed by atoms with Crippen LogP contribution in [0.1, 0.15) is 18.9 Å². The van der Waals surface area contributed by atoms with Gasteiger partial charge in [-0.05, 0) is 30.2 Å². The maximum absolute atomic E-state index is 11.9. The molecule has 112 valence electrons. The molecule has 21 heavy (non-hydrogen) atoms. The molecule has 1 N–H and O–H groups in total. The molecule has 1 fully saturated rings. The normalized spacial score (nSPS) is 20.7.